The fraction of sp³-hybridized carbons (Fsp3) is 0.0714. The van der Waals surface area contributed by atoms with E-state index in [1.54, 1.807) is 22.8 Å². The monoisotopic (exact) mass is 267 g/mol. The van der Waals surface area contributed by atoms with Crippen molar-refractivity contribution < 1.29 is 4.39 Å². The van der Waals surface area contributed by atoms with E-state index in [0.29, 0.717) is 11.5 Å². The Hall–Kier alpha value is -2.94. The summed E-state index contributed by atoms with van der Waals surface area (Å²) in [5.41, 5.74) is 2.18. The van der Waals surface area contributed by atoms with Crippen LogP contribution in [-0.2, 0) is 0 Å². The third kappa shape index (κ3) is 2.06. The maximum absolute atomic E-state index is 13.3. The Labute approximate surface area is 114 Å². The number of anilines is 2. The van der Waals surface area contributed by atoms with Crippen LogP contribution in [0.15, 0.2) is 36.5 Å². The van der Waals surface area contributed by atoms with Crippen molar-refractivity contribution in [3.63, 3.8) is 0 Å². The Kier molecular flexibility index (Phi) is 2.80. The predicted octanol–water partition coefficient (Wildman–Crippen LogP) is 2.79. The molecule has 5 nitrogen and oxygen atoms in total. The van der Waals surface area contributed by atoms with Crippen LogP contribution in [0.1, 0.15) is 11.3 Å². The van der Waals surface area contributed by atoms with Crippen molar-refractivity contribution in [1.29, 1.82) is 5.26 Å². The molecule has 1 N–H and O–H groups in total. The van der Waals surface area contributed by atoms with Crippen LogP contribution < -0.4 is 5.32 Å². The molecule has 1 aromatic carbocycles. The molecule has 0 aliphatic rings. The Morgan fingerprint density at radius 2 is 2.15 bits per heavy atom. The number of nitriles is 1. The first-order valence-corrected chi connectivity index (χ1v) is 5.95. The maximum Gasteiger partial charge on any atom is 0.157 e. The van der Waals surface area contributed by atoms with Crippen molar-refractivity contribution >= 4 is 17.2 Å². The van der Waals surface area contributed by atoms with E-state index in [1.807, 2.05) is 19.1 Å². The summed E-state index contributed by atoms with van der Waals surface area (Å²) >= 11 is 0. The second-order valence-corrected chi connectivity index (χ2v) is 4.32. The lowest BCUT2D eigenvalue weighted by atomic mass is 10.2. The Morgan fingerprint density at radius 1 is 1.30 bits per heavy atom. The fourth-order valence-corrected chi connectivity index (χ4v) is 1.94. The van der Waals surface area contributed by atoms with Crippen molar-refractivity contribution in [2.45, 2.75) is 6.92 Å². The Bertz CT molecular complexity index is 831. The first kappa shape index (κ1) is 12.1. The number of aryl methyl sites for hydroxylation is 1. The van der Waals surface area contributed by atoms with Crippen LogP contribution in [-0.4, -0.2) is 14.6 Å². The van der Waals surface area contributed by atoms with Gasteiger partial charge in [-0.3, -0.25) is 0 Å². The van der Waals surface area contributed by atoms with Gasteiger partial charge in [-0.2, -0.15) is 14.9 Å². The van der Waals surface area contributed by atoms with E-state index >= 15 is 0 Å². The molecule has 98 valence electrons. The van der Waals surface area contributed by atoms with Crippen molar-refractivity contribution in [2.75, 3.05) is 5.32 Å². The molecule has 0 bridgehead atoms. The number of rotatable bonds is 2. The molecule has 0 saturated heterocycles. The number of benzene rings is 1. The van der Waals surface area contributed by atoms with E-state index < -0.39 is 5.82 Å². The van der Waals surface area contributed by atoms with Gasteiger partial charge in [-0.15, -0.1) is 0 Å². The SMILES string of the molecule is Cc1cc2nccc(Nc3ccc(F)c(C#N)c3)n2n1. The minimum absolute atomic E-state index is 0.00283. The molecule has 20 heavy (non-hydrogen) atoms. The predicted molar refractivity (Wildman–Crippen MR) is 72.1 cm³/mol. The maximum atomic E-state index is 13.3. The number of fused-ring (bicyclic) bond motifs is 1. The first-order valence-electron chi connectivity index (χ1n) is 5.95. The van der Waals surface area contributed by atoms with E-state index in [1.165, 1.54) is 12.1 Å². The van der Waals surface area contributed by atoms with E-state index in [4.69, 9.17) is 5.26 Å². The van der Waals surface area contributed by atoms with Gasteiger partial charge in [0.25, 0.3) is 0 Å². The molecule has 6 heteroatoms. The van der Waals surface area contributed by atoms with Gasteiger partial charge in [0.1, 0.15) is 17.7 Å². The lowest BCUT2D eigenvalue weighted by Crippen LogP contribution is -2.01. The smallest absolute Gasteiger partial charge is 0.157 e. The molecule has 0 aliphatic carbocycles. The number of nitrogens with one attached hydrogen (secondary N) is 1. The number of halogens is 1. The number of aromatic nitrogens is 3. The highest BCUT2D eigenvalue weighted by molar-refractivity contribution is 5.61. The average Bonchev–Trinajstić information content (AvgIpc) is 2.82. The van der Waals surface area contributed by atoms with Crippen molar-refractivity contribution in [3.8, 4) is 6.07 Å². The molecule has 0 amide bonds. The van der Waals surface area contributed by atoms with Gasteiger partial charge in [0, 0.05) is 18.0 Å². The van der Waals surface area contributed by atoms with Crippen LogP contribution in [0.2, 0.25) is 0 Å². The summed E-state index contributed by atoms with van der Waals surface area (Å²) in [6, 6.07) is 9.71. The fourth-order valence-electron chi connectivity index (χ4n) is 1.94. The molecule has 0 radical (unpaired) electrons. The van der Waals surface area contributed by atoms with Gasteiger partial charge in [0.15, 0.2) is 5.65 Å². The third-order valence-corrected chi connectivity index (χ3v) is 2.84. The van der Waals surface area contributed by atoms with Gasteiger partial charge in [-0.25, -0.2) is 9.37 Å². The molecular weight excluding hydrogens is 257 g/mol. The summed E-state index contributed by atoms with van der Waals surface area (Å²) in [7, 11) is 0. The minimum atomic E-state index is -0.534. The molecule has 3 rings (SSSR count). The van der Waals surface area contributed by atoms with Crippen molar-refractivity contribution in [3.05, 3.63) is 53.6 Å². The summed E-state index contributed by atoms with van der Waals surface area (Å²) in [5.74, 6) is 0.159. The molecule has 0 aliphatic heterocycles. The topological polar surface area (TPSA) is 66.0 Å². The summed E-state index contributed by atoms with van der Waals surface area (Å²) in [6.45, 7) is 1.88. The van der Waals surface area contributed by atoms with Crippen LogP contribution >= 0.6 is 0 Å². The lowest BCUT2D eigenvalue weighted by Gasteiger charge is -2.08. The Morgan fingerprint density at radius 3 is 2.95 bits per heavy atom. The van der Waals surface area contributed by atoms with E-state index in [9.17, 15) is 4.39 Å². The highest BCUT2D eigenvalue weighted by atomic mass is 19.1. The quantitative estimate of drug-likeness (QED) is 0.775. The second-order valence-electron chi connectivity index (χ2n) is 4.32. The van der Waals surface area contributed by atoms with Crippen LogP contribution in [0, 0.1) is 24.1 Å². The van der Waals surface area contributed by atoms with Gasteiger partial charge >= 0.3 is 0 Å². The molecule has 0 unspecified atom stereocenters. The summed E-state index contributed by atoms with van der Waals surface area (Å²) in [6.07, 6.45) is 1.66. The molecule has 2 heterocycles. The van der Waals surface area contributed by atoms with E-state index in [-0.39, 0.29) is 5.56 Å². The van der Waals surface area contributed by atoms with Crippen LogP contribution in [0.25, 0.3) is 5.65 Å². The molecule has 0 fully saturated rings. The van der Waals surface area contributed by atoms with Crippen LogP contribution in [0.4, 0.5) is 15.9 Å². The lowest BCUT2D eigenvalue weighted by molar-refractivity contribution is 0.624. The zero-order valence-electron chi connectivity index (χ0n) is 10.6. The molecule has 0 spiro atoms. The Balaban J connectivity index is 2.03. The largest absolute Gasteiger partial charge is 0.340 e. The van der Waals surface area contributed by atoms with Crippen molar-refractivity contribution in [1.82, 2.24) is 14.6 Å². The third-order valence-electron chi connectivity index (χ3n) is 2.84. The highest BCUT2D eigenvalue weighted by Gasteiger charge is 2.06. The zero-order chi connectivity index (χ0) is 14.1. The van der Waals surface area contributed by atoms with Crippen molar-refractivity contribution in [2.24, 2.45) is 0 Å². The highest BCUT2D eigenvalue weighted by Crippen LogP contribution is 2.19. The second kappa shape index (κ2) is 4.63. The van der Waals surface area contributed by atoms with Gasteiger partial charge in [-0.05, 0) is 31.2 Å². The first-order chi connectivity index (χ1) is 9.67. The molecule has 3 aromatic rings. The molecular formula is C14H10FN5. The average molecular weight is 267 g/mol. The number of hydrogen-bond donors (Lipinski definition) is 1. The zero-order valence-corrected chi connectivity index (χ0v) is 10.6. The summed E-state index contributed by atoms with van der Waals surface area (Å²) in [5, 5.41) is 16.3. The normalized spacial score (nSPS) is 10.4. The van der Waals surface area contributed by atoms with Crippen LogP contribution in [0.3, 0.4) is 0 Å². The minimum Gasteiger partial charge on any atom is -0.340 e. The summed E-state index contributed by atoms with van der Waals surface area (Å²) in [4.78, 5) is 4.20. The molecule has 2 aromatic heterocycles. The molecule has 0 saturated carbocycles. The van der Waals surface area contributed by atoms with Gasteiger partial charge in [-0.1, -0.05) is 0 Å². The molecule has 0 atom stereocenters. The number of nitrogens with zero attached hydrogens (tertiary/aromatic N) is 4. The number of hydrogen-bond acceptors (Lipinski definition) is 4. The van der Waals surface area contributed by atoms with Gasteiger partial charge < -0.3 is 5.32 Å². The summed E-state index contributed by atoms with van der Waals surface area (Å²) < 4.78 is 14.9. The van der Waals surface area contributed by atoms with Gasteiger partial charge in [0.2, 0.25) is 0 Å². The van der Waals surface area contributed by atoms with Gasteiger partial charge in [0.05, 0.1) is 11.3 Å². The van der Waals surface area contributed by atoms with E-state index in [0.717, 1.165) is 11.3 Å². The standard InChI is InChI=1S/C14H10FN5/c1-9-6-14-17-5-4-13(20(14)19-9)18-11-2-3-12(15)10(7-11)8-16/h2-7,18H,1H3. The van der Waals surface area contributed by atoms with E-state index in [2.05, 4.69) is 15.4 Å². The van der Waals surface area contributed by atoms with Crippen LogP contribution in [0.5, 0.6) is 0 Å².